The molecule has 1 amide bonds. The molecule has 1 aliphatic rings. The standard InChI is InChI=1S/C20H21ClN2O4S/c21-18-8-4-5-9-19(18)27-16-20(24)22-11-13-23(14-12-22)28(25,26)15-10-17-6-2-1-3-7-17/h1-10,15H,11-14,16H2. The van der Waals surface area contributed by atoms with Gasteiger partial charge in [0.2, 0.25) is 10.0 Å². The lowest BCUT2D eigenvalue weighted by Gasteiger charge is -2.33. The van der Waals surface area contributed by atoms with Crippen LogP contribution in [0.4, 0.5) is 0 Å². The molecule has 1 heterocycles. The molecule has 2 aromatic rings. The first-order valence-corrected chi connectivity index (χ1v) is 10.7. The summed E-state index contributed by atoms with van der Waals surface area (Å²) >= 11 is 6.01. The van der Waals surface area contributed by atoms with E-state index in [9.17, 15) is 13.2 Å². The minimum Gasteiger partial charge on any atom is -0.482 e. The third-order valence-electron chi connectivity index (χ3n) is 4.37. The quantitative estimate of drug-likeness (QED) is 0.720. The van der Waals surface area contributed by atoms with Crippen LogP contribution in [0.3, 0.4) is 0 Å². The molecule has 28 heavy (non-hydrogen) atoms. The number of sulfonamides is 1. The normalized spacial score (nSPS) is 15.7. The lowest BCUT2D eigenvalue weighted by Crippen LogP contribution is -2.51. The highest BCUT2D eigenvalue weighted by Crippen LogP contribution is 2.23. The number of halogens is 1. The maximum absolute atomic E-state index is 12.5. The molecule has 0 N–H and O–H groups in total. The summed E-state index contributed by atoms with van der Waals surface area (Å²) in [6.45, 7) is 1.01. The third-order valence-corrected chi connectivity index (χ3v) is 6.25. The Morgan fingerprint density at radius 1 is 1.00 bits per heavy atom. The minimum atomic E-state index is -3.53. The number of rotatable bonds is 6. The fourth-order valence-electron chi connectivity index (χ4n) is 2.80. The molecule has 1 fully saturated rings. The molecule has 1 aliphatic heterocycles. The van der Waals surface area contributed by atoms with Gasteiger partial charge in [-0.1, -0.05) is 54.1 Å². The van der Waals surface area contributed by atoms with Crippen molar-refractivity contribution in [2.75, 3.05) is 32.8 Å². The van der Waals surface area contributed by atoms with Gasteiger partial charge >= 0.3 is 0 Å². The number of carbonyl (C=O) groups is 1. The highest BCUT2D eigenvalue weighted by atomic mass is 35.5. The molecule has 2 aromatic carbocycles. The monoisotopic (exact) mass is 420 g/mol. The molecule has 1 saturated heterocycles. The Morgan fingerprint density at radius 2 is 1.64 bits per heavy atom. The van der Waals surface area contributed by atoms with Crippen molar-refractivity contribution in [1.29, 1.82) is 0 Å². The molecule has 0 saturated carbocycles. The van der Waals surface area contributed by atoms with E-state index in [1.54, 1.807) is 35.2 Å². The Kier molecular flexibility index (Phi) is 6.72. The molecule has 148 valence electrons. The molecule has 8 heteroatoms. The van der Waals surface area contributed by atoms with Gasteiger partial charge in [0.15, 0.2) is 6.61 Å². The van der Waals surface area contributed by atoms with E-state index in [4.69, 9.17) is 16.3 Å². The van der Waals surface area contributed by atoms with Gasteiger partial charge in [0.1, 0.15) is 5.75 Å². The van der Waals surface area contributed by atoms with Crippen LogP contribution in [-0.4, -0.2) is 56.3 Å². The Balaban J connectivity index is 1.51. The van der Waals surface area contributed by atoms with Crippen molar-refractivity contribution in [3.63, 3.8) is 0 Å². The predicted molar refractivity (Wildman–Crippen MR) is 109 cm³/mol. The van der Waals surface area contributed by atoms with E-state index in [0.717, 1.165) is 5.56 Å². The highest BCUT2D eigenvalue weighted by molar-refractivity contribution is 7.92. The maximum Gasteiger partial charge on any atom is 0.260 e. The fourth-order valence-corrected chi connectivity index (χ4v) is 4.16. The number of benzene rings is 2. The zero-order valence-corrected chi connectivity index (χ0v) is 16.8. The largest absolute Gasteiger partial charge is 0.482 e. The van der Waals surface area contributed by atoms with E-state index >= 15 is 0 Å². The van der Waals surface area contributed by atoms with Crippen molar-refractivity contribution in [1.82, 2.24) is 9.21 Å². The van der Waals surface area contributed by atoms with E-state index in [-0.39, 0.29) is 25.6 Å². The number of para-hydroxylation sites is 1. The number of amides is 1. The van der Waals surface area contributed by atoms with Crippen LogP contribution in [0.1, 0.15) is 5.56 Å². The van der Waals surface area contributed by atoms with Gasteiger partial charge in [0.05, 0.1) is 5.02 Å². The predicted octanol–water partition coefficient (Wildman–Crippen LogP) is 2.86. The molecule has 0 bridgehead atoms. The fraction of sp³-hybridized carbons (Fsp3) is 0.250. The number of hydrogen-bond acceptors (Lipinski definition) is 4. The Hall–Kier alpha value is -2.35. The summed E-state index contributed by atoms with van der Waals surface area (Å²) in [4.78, 5) is 13.9. The minimum absolute atomic E-state index is 0.135. The molecule has 0 spiro atoms. The van der Waals surface area contributed by atoms with Gasteiger partial charge in [-0.2, -0.15) is 4.31 Å². The van der Waals surface area contributed by atoms with Gasteiger partial charge in [-0.05, 0) is 23.8 Å². The first-order valence-electron chi connectivity index (χ1n) is 8.84. The summed E-state index contributed by atoms with van der Waals surface area (Å²) in [6, 6.07) is 16.2. The maximum atomic E-state index is 12.5. The molecule has 6 nitrogen and oxygen atoms in total. The van der Waals surface area contributed by atoms with Crippen molar-refractivity contribution in [3.05, 3.63) is 70.6 Å². The molecule has 0 radical (unpaired) electrons. The Morgan fingerprint density at radius 3 is 2.32 bits per heavy atom. The summed E-state index contributed by atoms with van der Waals surface area (Å²) in [5, 5.41) is 1.65. The van der Waals surface area contributed by atoms with Crippen LogP contribution >= 0.6 is 11.6 Å². The molecule has 0 aliphatic carbocycles. The van der Waals surface area contributed by atoms with Crippen molar-refractivity contribution in [3.8, 4) is 5.75 Å². The zero-order valence-electron chi connectivity index (χ0n) is 15.2. The highest BCUT2D eigenvalue weighted by Gasteiger charge is 2.27. The van der Waals surface area contributed by atoms with Crippen molar-refractivity contribution < 1.29 is 17.9 Å². The van der Waals surface area contributed by atoms with E-state index in [2.05, 4.69) is 0 Å². The second-order valence-electron chi connectivity index (χ2n) is 6.26. The van der Waals surface area contributed by atoms with Gasteiger partial charge in [-0.15, -0.1) is 0 Å². The summed E-state index contributed by atoms with van der Waals surface area (Å²) < 4.78 is 31.8. The average molecular weight is 421 g/mol. The summed E-state index contributed by atoms with van der Waals surface area (Å²) in [6.07, 6.45) is 1.57. The van der Waals surface area contributed by atoms with Crippen molar-refractivity contribution >= 4 is 33.6 Å². The number of carbonyl (C=O) groups excluding carboxylic acids is 1. The first kappa shape index (κ1) is 20.4. The number of ether oxygens (including phenoxy) is 1. The van der Waals surface area contributed by atoms with Crippen LogP contribution < -0.4 is 4.74 Å². The van der Waals surface area contributed by atoms with Crippen LogP contribution in [0.25, 0.3) is 6.08 Å². The van der Waals surface area contributed by atoms with Gasteiger partial charge in [0.25, 0.3) is 5.91 Å². The number of piperazine rings is 1. The second-order valence-corrected chi connectivity index (χ2v) is 8.48. The smallest absolute Gasteiger partial charge is 0.260 e. The van der Waals surface area contributed by atoms with Crippen LogP contribution in [0, 0.1) is 0 Å². The molecule has 3 rings (SSSR count). The topological polar surface area (TPSA) is 66.9 Å². The third kappa shape index (κ3) is 5.34. The lowest BCUT2D eigenvalue weighted by atomic mass is 10.2. The van der Waals surface area contributed by atoms with Gasteiger partial charge in [-0.25, -0.2) is 8.42 Å². The molecule has 0 atom stereocenters. The molecular weight excluding hydrogens is 400 g/mol. The van der Waals surface area contributed by atoms with E-state index < -0.39 is 10.0 Å². The van der Waals surface area contributed by atoms with E-state index in [0.29, 0.717) is 23.9 Å². The Labute approximate surface area is 170 Å². The van der Waals surface area contributed by atoms with Crippen LogP contribution in [0.5, 0.6) is 5.75 Å². The van der Waals surface area contributed by atoms with Gasteiger partial charge < -0.3 is 9.64 Å². The van der Waals surface area contributed by atoms with Crippen molar-refractivity contribution in [2.45, 2.75) is 0 Å². The summed E-state index contributed by atoms with van der Waals surface area (Å²) in [5.41, 5.74) is 0.816. The molecular formula is C20H21ClN2O4S. The number of nitrogens with zero attached hydrogens (tertiary/aromatic N) is 2. The van der Waals surface area contributed by atoms with Crippen molar-refractivity contribution in [2.24, 2.45) is 0 Å². The van der Waals surface area contributed by atoms with E-state index in [1.165, 1.54) is 9.71 Å². The molecule has 0 aromatic heterocycles. The number of hydrogen-bond donors (Lipinski definition) is 0. The van der Waals surface area contributed by atoms with Gasteiger partial charge in [-0.3, -0.25) is 4.79 Å². The van der Waals surface area contributed by atoms with E-state index in [1.807, 2.05) is 30.3 Å². The Bertz CT molecular complexity index is 940. The SMILES string of the molecule is O=C(COc1ccccc1Cl)N1CCN(S(=O)(=O)C=Cc2ccccc2)CC1. The van der Waals surface area contributed by atoms with Gasteiger partial charge in [0, 0.05) is 31.6 Å². The lowest BCUT2D eigenvalue weighted by molar-refractivity contribution is -0.134. The summed E-state index contributed by atoms with van der Waals surface area (Å²) in [7, 11) is -3.53. The average Bonchev–Trinajstić information content (AvgIpc) is 2.72. The zero-order chi connectivity index (χ0) is 20.0. The van der Waals surface area contributed by atoms with Crippen LogP contribution in [0.15, 0.2) is 60.0 Å². The van der Waals surface area contributed by atoms with Crippen LogP contribution in [0.2, 0.25) is 5.02 Å². The van der Waals surface area contributed by atoms with Crippen LogP contribution in [-0.2, 0) is 14.8 Å². The summed E-state index contributed by atoms with van der Waals surface area (Å²) in [5.74, 6) is 0.251. The second kappa shape index (κ2) is 9.23. The molecule has 0 unspecified atom stereocenters. The first-order chi connectivity index (χ1) is 13.5.